The molecular formula is C24H33FN6O. The molecule has 1 saturated heterocycles. The molecule has 2 heterocycles. The number of nitrogens with one attached hydrogen (secondary N) is 1. The van der Waals surface area contributed by atoms with E-state index < -0.39 is 0 Å². The van der Waals surface area contributed by atoms with Crippen LogP contribution >= 0.6 is 0 Å². The Hall–Kier alpha value is -2.58. The van der Waals surface area contributed by atoms with Crippen molar-refractivity contribution in [2.45, 2.75) is 37.8 Å². The Kier molecular flexibility index (Phi) is 7.32. The van der Waals surface area contributed by atoms with Gasteiger partial charge in [0.15, 0.2) is 5.82 Å². The van der Waals surface area contributed by atoms with E-state index in [0.717, 1.165) is 68.8 Å². The van der Waals surface area contributed by atoms with Crippen molar-refractivity contribution >= 4 is 11.7 Å². The SMILES string of the molecule is CN(C)[C@H]1CC[C@H](NC(=O)CN2CCN(c3cc(-c4ccc(F)cc4)cnn3)CC2)CC1. The fourth-order valence-corrected chi connectivity index (χ4v) is 4.66. The van der Waals surface area contributed by atoms with Gasteiger partial charge >= 0.3 is 0 Å². The van der Waals surface area contributed by atoms with E-state index in [1.807, 2.05) is 6.07 Å². The lowest BCUT2D eigenvalue weighted by molar-refractivity contribution is -0.123. The Morgan fingerprint density at radius 2 is 1.75 bits per heavy atom. The monoisotopic (exact) mass is 440 g/mol. The fraction of sp³-hybridized carbons (Fsp3) is 0.542. The standard InChI is InChI=1S/C24H33FN6O/c1-29(2)22-9-7-21(8-10-22)27-24(32)17-30-11-13-31(14-12-30)23-15-19(16-26-28-23)18-3-5-20(25)6-4-18/h3-6,15-16,21-22H,7-14,17H2,1-2H3,(H,27,32)/t21-,22-. The molecule has 1 saturated carbocycles. The molecule has 0 atom stereocenters. The van der Waals surface area contributed by atoms with Crippen molar-refractivity contribution in [2.75, 3.05) is 51.7 Å². The molecule has 1 aromatic heterocycles. The predicted molar refractivity (Wildman–Crippen MR) is 124 cm³/mol. The molecule has 172 valence electrons. The van der Waals surface area contributed by atoms with Crippen LogP contribution in [0.1, 0.15) is 25.7 Å². The average molecular weight is 441 g/mol. The minimum absolute atomic E-state index is 0.129. The number of benzene rings is 1. The summed E-state index contributed by atoms with van der Waals surface area (Å²) in [5, 5.41) is 11.7. The Morgan fingerprint density at radius 3 is 2.41 bits per heavy atom. The van der Waals surface area contributed by atoms with Crippen LogP contribution < -0.4 is 10.2 Å². The molecule has 2 aromatic rings. The highest BCUT2D eigenvalue weighted by Gasteiger charge is 2.25. The first kappa shape index (κ1) is 22.6. The molecular weight excluding hydrogens is 407 g/mol. The topological polar surface area (TPSA) is 64.6 Å². The lowest BCUT2D eigenvalue weighted by Crippen LogP contribution is -2.51. The number of amides is 1. The van der Waals surface area contributed by atoms with Gasteiger partial charge in [-0.05, 0) is 63.5 Å². The van der Waals surface area contributed by atoms with Crippen LogP contribution in [-0.2, 0) is 4.79 Å². The van der Waals surface area contributed by atoms with Gasteiger partial charge in [0.2, 0.25) is 5.91 Å². The van der Waals surface area contributed by atoms with Crippen LogP contribution in [0.15, 0.2) is 36.5 Å². The summed E-state index contributed by atoms with van der Waals surface area (Å²) in [5.74, 6) is 0.691. The Morgan fingerprint density at radius 1 is 1.06 bits per heavy atom. The summed E-state index contributed by atoms with van der Waals surface area (Å²) in [6.45, 7) is 3.65. The van der Waals surface area contributed by atoms with Gasteiger partial charge in [0, 0.05) is 43.8 Å². The van der Waals surface area contributed by atoms with Crippen LogP contribution in [0, 0.1) is 5.82 Å². The Labute approximate surface area is 189 Å². The first-order valence-corrected chi connectivity index (χ1v) is 11.5. The fourth-order valence-electron chi connectivity index (χ4n) is 4.66. The molecule has 4 rings (SSSR count). The zero-order valence-corrected chi connectivity index (χ0v) is 19.0. The van der Waals surface area contributed by atoms with Gasteiger partial charge in [-0.15, -0.1) is 5.10 Å². The maximum absolute atomic E-state index is 13.2. The number of carbonyl (C=O) groups excluding carboxylic acids is 1. The van der Waals surface area contributed by atoms with Crippen molar-refractivity contribution in [3.8, 4) is 11.1 Å². The number of piperazine rings is 1. The maximum Gasteiger partial charge on any atom is 0.234 e. The van der Waals surface area contributed by atoms with E-state index in [9.17, 15) is 9.18 Å². The van der Waals surface area contributed by atoms with Gasteiger partial charge in [-0.3, -0.25) is 9.69 Å². The van der Waals surface area contributed by atoms with Gasteiger partial charge in [-0.1, -0.05) is 12.1 Å². The Balaban J connectivity index is 1.24. The van der Waals surface area contributed by atoms with Crippen LogP contribution in [0.3, 0.4) is 0 Å². The van der Waals surface area contributed by atoms with Crippen LogP contribution in [0.5, 0.6) is 0 Å². The number of hydrogen-bond donors (Lipinski definition) is 1. The molecule has 0 unspecified atom stereocenters. The largest absolute Gasteiger partial charge is 0.353 e. The van der Waals surface area contributed by atoms with Crippen molar-refractivity contribution in [1.82, 2.24) is 25.3 Å². The summed E-state index contributed by atoms with van der Waals surface area (Å²) >= 11 is 0. The van der Waals surface area contributed by atoms with Gasteiger partial charge in [-0.2, -0.15) is 5.10 Å². The molecule has 0 bridgehead atoms. The quantitative estimate of drug-likeness (QED) is 0.744. The second-order valence-corrected chi connectivity index (χ2v) is 9.11. The first-order chi connectivity index (χ1) is 15.5. The maximum atomic E-state index is 13.2. The molecule has 2 fully saturated rings. The third-order valence-corrected chi connectivity index (χ3v) is 6.67. The zero-order chi connectivity index (χ0) is 22.5. The summed E-state index contributed by atoms with van der Waals surface area (Å²) in [6.07, 6.45) is 6.11. The number of nitrogens with zero attached hydrogens (tertiary/aromatic N) is 5. The van der Waals surface area contributed by atoms with E-state index in [1.54, 1.807) is 18.3 Å². The molecule has 1 aromatic carbocycles. The molecule has 2 aliphatic rings. The summed E-state index contributed by atoms with van der Waals surface area (Å²) in [7, 11) is 4.27. The van der Waals surface area contributed by atoms with Crippen molar-refractivity contribution in [3.05, 3.63) is 42.3 Å². The highest BCUT2D eigenvalue weighted by molar-refractivity contribution is 5.78. The van der Waals surface area contributed by atoms with Gasteiger partial charge in [-0.25, -0.2) is 4.39 Å². The molecule has 0 spiro atoms. The minimum Gasteiger partial charge on any atom is -0.353 e. The van der Waals surface area contributed by atoms with E-state index >= 15 is 0 Å². The van der Waals surface area contributed by atoms with Gasteiger partial charge in [0.25, 0.3) is 0 Å². The average Bonchev–Trinajstić information content (AvgIpc) is 2.80. The third kappa shape index (κ3) is 5.81. The van der Waals surface area contributed by atoms with Crippen LogP contribution in [0.4, 0.5) is 10.2 Å². The molecule has 1 aliphatic carbocycles. The number of rotatable bonds is 6. The van der Waals surface area contributed by atoms with Gasteiger partial charge in [0.05, 0.1) is 12.7 Å². The molecule has 8 heteroatoms. The highest BCUT2D eigenvalue weighted by atomic mass is 19.1. The molecule has 1 aliphatic heterocycles. The Bertz CT molecular complexity index is 890. The van der Waals surface area contributed by atoms with Crippen molar-refractivity contribution < 1.29 is 9.18 Å². The van der Waals surface area contributed by atoms with E-state index in [-0.39, 0.29) is 11.7 Å². The van der Waals surface area contributed by atoms with Crippen LogP contribution in [0.25, 0.3) is 11.1 Å². The summed E-state index contributed by atoms with van der Waals surface area (Å²) in [6, 6.07) is 9.34. The van der Waals surface area contributed by atoms with E-state index in [1.165, 1.54) is 12.1 Å². The summed E-state index contributed by atoms with van der Waals surface area (Å²) < 4.78 is 13.2. The van der Waals surface area contributed by atoms with Crippen molar-refractivity contribution in [3.63, 3.8) is 0 Å². The van der Waals surface area contributed by atoms with E-state index in [2.05, 4.69) is 44.3 Å². The van der Waals surface area contributed by atoms with Gasteiger partial charge < -0.3 is 15.1 Å². The highest BCUT2D eigenvalue weighted by Crippen LogP contribution is 2.23. The van der Waals surface area contributed by atoms with E-state index in [4.69, 9.17) is 0 Å². The molecule has 7 nitrogen and oxygen atoms in total. The van der Waals surface area contributed by atoms with Crippen molar-refractivity contribution in [2.24, 2.45) is 0 Å². The minimum atomic E-state index is -0.252. The first-order valence-electron chi connectivity index (χ1n) is 11.5. The zero-order valence-electron chi connectivity index (χ0n) is 19.0. The number of aromatic nitrogens is 2. The molecule has 1 amide bonds. The second kappa shape index (κ2) is 10.4. The summed E-state index contributed by atoms with van der Waals surface area (Å²) in [4.78, 5) is 19.2. The number of anilines is 1. The number of hydrogen-bond acceptors (Lipinski definition) is 6. The second-order valence-electron chi connectivity index (χ2n) is 9.11. The lowest BCUT2D eigenvalue weighted by Gasteiger charge is -2.36. The third-order valence-electron chi connectivity index (χ3n) is 6.67. The normalized spacial score (nSPS) is 22.2. The lowest BCUT2D eigenvalue weighted by atomic mass is 9.90. The molecule has 1 N–H and O–H groups in total. The molecule has 32 heavy (non-hydrogen) atoms. The predicted octanol–water partition coefficient (Wildman–Crippen LogP) is 2.39. The van der Waals surface area contributed by atoms with Gasteiger partial charge in [0.1, 0.15) is 5.82 Å². The smallest absolute Gasteiger partial charge is 0.234 e. The van der Waals surface area contributed by atoms with Crippen molar-refractivity contribution in [1.29, 1.82) is 0 Å². The van der Waals surface area contributed by atoms with E-state index in [0.29, 0.717) is 18.6 Å². The molecule has 0 radical (unpaired) electrons. The van der Waals surface area contributed by atoms with Crippen LogP contribution in [0.2, 0.25) is 0 Å². The number of halogens is 1. The number of carbonyl (C=O) groups is 1. The summed E-state index contributed by atoms with van der Waals surface area (Å²) in [5.41, 5.74) is 1.83. The van der Waals surface area contributed by atoms with Crippen LogP contribution in [-0.4, -0.2) is 84.8 Å².